The van der Waals surface area contributed by atoms with Gasteiger partial charge in [0.15, 0.2) is 0 Å². The maximum atomic E-state index is 12.0. The minimum atomic E-state index is -3.16. The Morgan fingerprint density at radius 3 is 2.00 bits per heavy atom. The summed E-state index contributed by atoms with van der Waals surface area (Å²) < 4.78 is 15.3. The highest BCUT2D eigenvalue weighted by Crippen LogP contribution is 2.15. The van der Waals surface area contributed by atoms with E-state index in [4.69, 9.17) is 24.7 Å². The Labute approximate surface area is 97.6 Å². The maximum absolute atomic E-state index is 12.0. The first kappa shape index (κ1) is 15.7. The molecule has 0 aliphatic heterocycles. The molecular formula is C9H22N2O4Si. The summed E-state index contributed by atoms with van der Waals surface area (Å²) in [5.41, 5.74) is 11.0. The first-order valence-corrected chi connectivity index (χ1v) is 6.91. The van der Waals surface area contributed by atoms with Crippen LogP contribution in [0.2, 0.25) is 0 Å². The van der Waals surface area contributed by atoms with Crippen molar-refractivity contribution in [2.24, 2.45) is 17.4 Å². The molecule has 0 aromatic rings. The van der Waals surface area contributed by atoms with Crippen LogP contribution in [0.4, 0.5) is 0 Å². The second-order valence-electron chi connectivity index (χ2n) is 3.47. The predicted molar refractivity (Wildman–Crippen MR) is 62.6 cm³/mol. The highest BCUT2D eigenvalue weighted by atomic mass is 28.4. The molecular weight excluding hydrogens is 228 g/mol. The van der Waals surface area contributed by atoms with Crippen molar-refractivity contribution in [3.63, 3.8) is 0 Å². The Kier molecular flexibility index (Phi) is 7.72. The average molecular weight is 250 g/mol. The molecule has 0 saturated carbocycles. The number of carbonyl (C=O) groups is 1. The van der Waals surface area contributed by atoms with Crippen LogP contribution in [0.5, 0.6) is 0 Å². The molecule has 0 saturated heterocycles. The summed E-state index contributed by atoms with van der Waals surface area (Å²) in [7, 11) is 1.08. The van der Waals surface area contributed by atoms with Crippen LogP contribution in [0.3, 0.4) is 0 Å². The smallest absolute Gasteiger partial charge is 0.372 e. The summed E-state index contributed by atoms with van der Waals surface area (Å²) in [4.78, 5) is 12.0. The van der Waals surface area contributed by atoms with Gasteiger partial charge in [0, 0.05) is 27.8 Å². The van der Waals surface area contributed by atoms with E-state index >= 15 is 0 Å². The third-order valence-electron chi connectivity index (χ3n) is 2.53. The van der Waals surface area contributed by atoms with Crippen LogP contribution in [0.1, 0.15) is 12.8 Å². The lowest BCUT2D eigenvalue weighted by Gasteiger charge is -2.24. The van der Waals surface area contributed by atoms with Crippen molar-refractivity contribution in [3.05, 3.63) is 0 Å². The van der Waals surface area contributed by atoms with Crippen LogP contribution in [0.25, 0.3) is 0 Å². The summed E-state index contributed by atoms with van der Waals surface area (Å²) in [5, 5.41) is -0.149. The number of rotatable bonds is 9. The molecule has 0 aliphatic rings. The SMILES string of the molecule is CO[Si](OC)(OC)C(=O)CC(CN)CCN. The molecule has 6 nitrogen and oxygen atoms in total. The molecule has 0 heterocycles. The van der Waals surface area contributed by atoms with Gasteiger partial charge in [0.2, 0.25) is 5.41 Å². The molecule has 0 spiro atoms. The minimum absolute atomic E-state index is 0.0600. The largest absolute Gasteiger partial charge is 0.573 e. The van der Waals surface area contributed by atoms with Gasteiger partial charge in [-0.3, -0.25) is 4.79 Å². The first-order valence-electron chi connectivity index (χ1n) is 5.19. The van der Waals surface area contributed by atoms with Gasteiger partial charge in [0.05, 0.1) is 0 Å². The van der Waals surface area contributed by atoms with Gasteiger partial charge >= 0.3 is 8.80 Å². The Balaban J connectivity index is 4.50. The molecule has 0 bridgehead atoms. The normalized spacial score (nSPS) is 13.8. The Bertz CT molecular complexity index is 203. The minimum Gasteiger partial charge on any atom is -0.372 e. The second-order valence-corrected chi connectivity index (χ2v) is 6.37. The van der Waals surface area contributed by atoms with Gasteiger partial charge in [-0.2, -0.15) is 0 Å². The summed E-state index contributed by atoms with van der Waals surface area (Å²) in [5.74, 6) is 0.0600. The van der Waals surface area contributed by atoms with E-state index in [2.05, 4.69) is 0 Å². The lowest BCUT2D eigenvalue weighted by atomic mass is 10.0. The highest BCUT2D eigenvalue weighted by Gasteiger charge is 2.47. The van der Waals surface area contributed by atoms with E-state index in [1.165, 1.54) is 21.3 Å². The fourth-order valence-corrected chi connectivity index (χ4v) is 3.24. The Morgan fingerprint density at radius 1 is 1.19 bits per heavy atom. The molecule has 1 unspecified atom stereocenters. The second kappa shape index (κ2) is 7.88. The van der Waals surface area contributed by atoms with Gasteiger partial charge in [-0.25, -0.2) is 0 Å². The number of hydrogen-bond donors (Lipinski definition) is 2. The summed E-state index contributed by atoms with van der Waals surface area (Å²) in [6.45, 7) is 0.932. The zero-order valence-electron chi connectivity index (χ0n) is 10.2. The zero-order chi connectivity index (χ0) is 12.6. The van der Waals surface area contributed by atoms with E-state index in [-0.39, 0.29) is 17.7 Å². The lowest BCUT2D eigenvalue weighted by molar-refractivity contribution is -0.119. The third kappa shape index (κ3) is 3.93. The van der Waals surface area contributed by atoms with Crippen molar-refractivity contribution >= 4 is 14.2 Å². The molecule has 16 heavy (non-hydrogen) atoms. The van der Waals surface area contributed by atoms with Gasteiger partial charge in [-0.05, 0) is 25.4 Å². The molecule has 0 aromatic heterocycles. The molecule has 1 atom stereocenters. The van der Waals surface area contributed by atoms with E-state index in [1.807, 2.05) is 0 Å². The highest BCUT2D eigenvalue weighted by molar-refractivity contribution is 6.92. The van der Waals surface area contributed by atoms with Gasteiger partial charge in [0.1, 0.15) is 0 Å². The molecule has 0 amide bonds. The monoisotopic (exact) mass is 250 g/mol. The van der Waals surface area contributed by atoms with Crippen LogP contribution in [0.15, 0.2) is 0 Å². The molecule has 0 aliphatic carbocycles. The summed E-state index contributed by atoms with van der Waals surface area (Å²) in [6.07, 6.45) is 0.999. The summed E-state index contributed by atoms with van der Waals surface area (Å²) in [6, 6.07) is 0. The molecule has 0 radical (unpaired) electrons. The van der Waals surface area contributed by atoms with E-state index < -0.39 is 8.80 Å². The maximum Gasteiger partial charge on any atom is 0.573 e. The van der Waals surface area contributed by atoms with Gasteiger partial charge < -0.3 is 24.7 Å². The van der Waals surface area contributed by atoms with E-state index in [0.717, 1.165) is 0 Å². The average Bonchev–Trinajstić information content (AvgIpc) is 2.31. The molecule has 0 aromatic carbocycles. The first-order chi connectivity index (χ1) is 7.60. The molecule has 96 valence electrons. The van der Waals surface area contributed by atoms with Crippen molar-refractivity contribution in [1.29, 1.82) is 0 Å². The van der Waals surface area contributed by atoms with E-state index in [0.29, 0.717) is 19.5 Å². The predicted octanol–water partition coefficient (Wildman–Crippen LogP) is -0.713. The van der Waals surface area contributed by atoms with E-state index in [1.54, 1.807) is 0 Å². The standard InChI is InChI=1S/C9H22N2O4Si/c1-13-16(14-2,15-3)9(12)6-8(7-11)4-5-10/h8H,4-7,10-11H2,1-3H3. The number of carbonyl (C=O) groups excluding carboxylic acids is 1. The van der Waals surface area contributed by atoms with Crippen LogP contribution >= 0.6 is 0 Å². The van der Waals surface area contributed by atoms with Crippen molar-refractivity contribution in [3.8, 4) is 0 Å². The van der Waals surface area contributed by atoms with Gasteiger partial charge in [-0.15, -0.1) is 0 Å². The van der Waals surface area contributed by atoms with Crippen LogP contribution in [-0.4, -0.2) is 48.6 Å². The van der Waals surface area contributed by atoms with Crippen LogP contribution in [0, 0.1) is 5.92 Å². The van der Waals surface area contributed by atoms with Gasteiger partial charge in [0.25, 0.3) is 0 Å². The van der Waals surface area contributed by atoms with Crippen LogP contribution in [-0.2, 0) is 18.1 Å². The molecule has 7 heteroatoms. The molecule has 0 fully saturated rings. The Morgan fingerprint density at radius 2 is 1.69 bits per heavy atom. The van der Waals surface area contributed by atoms with Crippen molar-refractivity contribution in [2.45, 2.75) is 12.8 Å². The van der Waals surface area contributed by atoms with E-state index in [9.17, 15) is 4.79 Å². The zero-order valence-corrected chi connectivity index (χ0v) is 11.2. The van der Waals surface area contributed by atoms with Crippen molar-refractivity contribution in [1.82, 2.24) is 0 Å². The summed E-state index contributed by atoms with van der Waals surface area (Å²) >= 11 is 0. The number of nitrogens with two attached hydrogens (primary N) is 2. The fraction of sp³-hybridized carbons (Fsp3) is 0.889. The number of hydrogen-bond acceptors (Lipinski definition) is 6. The van der Waals surface area contributed by atoms with Gasteiger partial charge in [-0.1, -0.05) is 0 Å². The molecule has 4 N–H and O–H groups in total. The Hall–Kier alpha value is -0.313. The van der Waals surface area contributed by atoms with Crippen molar-refractivity contribution in [2.75, 3.05) is 34.4 Å². The van der Waals surface area contributed by atoms with Crippen molar-refractivity contribution < 1.29 is 18.1 Å². The third-order valence-corrected chi connectivity index (χ3v) is 5.03. The van der Waals surface area contributed by atoms with Crippen LogP contribution < -0.4 is 11.5 Å². The molecule has 0 rings (SSSR count). The quantitative estimate of drug-likeness (QED) is 0.525. The lowest BCUT2D eigenvalue weighted by Crippen LogP contribution is -2.52. The fourth-order valence-electron chi connectivity index (χ4n) is 1.52. The topological polar surface area (TPSA) is 96.8 Å².